The zero-order valence-electron chi connectivity index (χ0n) is 20.3. The van der Waals surface area contributed by atoms with Gasteiger partial charge in [-0.1, -0.05) is 39.0 Å². The van der Waals surface area contributed by atoms with E-state index in [1.807, 2.05) is 19.1 Å². The second kappa shape index (κ2) is 11.0. The number of halogens is 1. The Bertz CT molecular complexity index is 1150. The maximum Gasteiger partial charge on any atom is 0.145 e. The topological polar surface area (TPSA) is 59.4 Å². The number of nitrogens with zero attached hydrogens (tertiary/aromatic N) is 3. The van der Waals surface area contributed by atoms with Crippen molar-refractivity contribution in [3.05, 3.63) is 60.3 Å². The molecule has 0 fully saturated rings. The van der Waals surface area contributed by atoms with Gasteiger partial charge in [0.2, 0.25) is 0 Å². The maximum absolute atomic E-state index is 13.5. The number of hydrogen-bond donors (Lipinski definition) is 1. The van der Waals surface area contributed by atoms with E-state index in [1.165, 1.54) is 12.1 Å². The highest BCUT2D eigenvalue weighted by molar-refractivity contribution is 5.99. The summed E-state index contributed by atoms with van der Waals surface area (Å²) in [5, 5.41) is 4.41. The molecular weight excluding hydrogens is 415 g/mol. The Balaban J connectivity index is 2.08. The monoisotopic (exact) mass is 448 g/mol. The summed E-state index contributed by atoms with van der Waals surface area (Å²) in [5.74, 6) is 1.41. The molecule has 0 aliphatic rings. The number of ether oxygens (including phenoxy) is 1. The highest BCUT2D eigenvalue weighted by Crippen LogP contribution is 2.34. The molecule has 0 saturated carbocycles. The number of methoxy groups -OCH3 is 1. The lowest BCUT2D eigenvalue weighted by Crippen LogP contribution is -2.31. The fourth-order valence-electron chi connectivity index (χ4n) is 3.85. The van der Waals surface area contributed by atoms with Crippen molar-refractivity contribution < 1.29 is 9.13 Å². The molecule has 0 aliphatic heterocycles. The number of benzene rings is 2. The molecule has 1 N–H and O–H groups in total. The molecular formula is C27H33FN4O. The number of allylic oxidation sites excluding steroid dienone is 2. The van der Waals surface area contributed by atoms with E-state index in [0.717, 1.165) is 46.3 Å². The van der Waals surface area contributed by atoms with Crippen LogP contribution in [0.2, 0.25) is 0 Å². The summed E-state index contributed by atoms with van der Waals surface area (Å²) in [5.41, 5.74) is 4.69. The Morgan fingerprint density at radius 1 is 1.12 bits per heavy atom. The molecule has 0 amide bonds. The van der Waals surface area contributed by atoms with Crippen molar-refractivity contribution in [2.24, 2.45) is 10.9 Å². The van der Waals surface area contributed by atoms with Crippen LogP contribution in [0, 0.1) is 11.7 Å². The fourth-order valence-corrected chi connectivity index (χ4v) is 3.85. The van der Waals surface area contributed by atoms with E-state index in [0.29, 0.717) is 17.5 Å². The van der Waals surface area contributed by atoms with Gasteiger partial charge in [-0.2, -0.15) is 0 Å². The van der Waals surface area contributed by atoms with Crippen LogP contribution in [0.5, 0.6) is 5.75 Å². The van der Waals surface area contributed by atoms with Gasteiger partial charge in [-0.15, -0.1) is 0 Å². The number of fused-ring (bicyclic) bond motifs is 1. The van der Waals surface area contributed by atoms with Crippen LogP contribution in [-0.2, 0) is 0 Å². The van der Waals surface area contributed by atoms with Gasteiger partial charge in [0.1, 0.15) is 29.2 Å². The molecule has 3 aromatic rings. The molecule has 174 valence electrons. The number of hydrogen-bond acceptors (Lipinski definition) is 5. The number of nitrogens with one attached hydrogen (secondary N) is 1. The predicted octanol–water partition coefficient (Wildman–Crippen LogP) is 7.05. The molecule has 1 aromatic heterocycles. The number of aromatic nitrogens is 2. The van der Waals surface area contributed by atoms with Gasteiger partial charge in [0, 0.05) is 16.8 Å². The Kier molecular flexibility index (Phi) is 8.15. The van der Waals surface area contributed by atoms with Gasteiger partial charge in [-0.05, 0) is 68.0 Å². The van der Waals surface area contributed by atoms with Gasteiger partial charge >= 0.3 is 0 Å². The van der Waals surface area contributed by atoms with Crippen LogP contribution >= 0.6 is 0 Å². The van der Waals surface area contributed by atoms with Crippen LogP contribution in [0.4, 0.5) is 10.2 Å². The first-order valence-corrected chi connectivity index (χ1v) is 11.5. The SMILES string of the molecule is C/C=C(/CC)N=C(C(C)CC)C(C)Nc1ncnc2c(OC)cc(-c3ccc(F)cc3)cc12. The average Bonchev–Trinajstić information content (AvgIpc) is 2.84. The first-order chi connectivity index (χ1) is 15.9. The van der Waals surface area contributed by atoms with Crippen LogP contribution in [0.15, 0.2) is 59.5 Å². The molecule has 2 atom stereocenters. The van der Waals surface area contributed by atoms with Gasteiger partial charge < -0.3 is 10.1 Å². The van der Waals surface area contributed by atoms with Crippen molar-refractivity contribution in [3.8, 4) is 16.9 Å². The first-order valence-electron chi connectivity index (χ1n) is 11.5. The summed E-state index contributed by atoms with van der Waals surface area (Å²) in [6.45, 7) is 10.6. The molecule has 0 spiro atoms. The second-order valence-electron chi connectivity index (χ2n) is 8.15. The Morgan fingerprint density at radius 3 is 2.45 bits per heavy atom. The summed E-state index contributed by atoms with van der Waals surface area (Å²) >= 11 is 0. The molecule has 5 nitrogen and oxygen atoms in total. The minimum atomic E-state index is -0.268. The van der Waals surface area contributed by atoms with E-state index in [9.17, 15) is 4.39 Å². The highest BCUT2D eigenvalue weighted by Gasteiger charge is 2.20. The molecule has 1 heterocycles. The molecule has 0 radical (unpaired) electrons. The van der Waals surface area contributed by atoms with Crippen LogP contribution in [0.25, 0.3) is 22.0 Å². The lowest BCUT2D eigenvalue weighted by molar-refractivity contribution is 0.419. The lowest BCUT2D eigenvalue weighted by Gasteiger charge is -2.23. The Hall–Kier alpha value is -3.28. The van der Waals surface area contributed by atoms with Crippen molar-refractivity contribution >= 4 is 22.4 Å². The Morgan fingerprint density at radius 2 is 1.85 bits per heavy atom. The van der Waals surface area contributed by atoms with Crippen LogP contribution in [-0.4, -0.2) is 28.8 Å². The summed E-state index contributed by atoms with van der Waals surface area (Å²) < 4.78 is 19.1. The molecule has 0 aliphatic carbocycles. The van der Waals surface area contributed by atoms with E-state index in [-0.39, 0.29) is 11.9 Å². The number of anilines is 1. The van der Waals surface area contributed by atoms with Gasteiger partial charge in [0.15, 0.2) is 0 Å². The molecule has 2 unspecified atom stereocenters. The average molecular weight is 449 g/mol. The minimum Gasteiger partial charge on any atom is -0.494 e. The van der Waals surface area contributed by atoms with Crippen molar-refractivity contribution in [1.29, 1.82) is 0 Å². The number of rotatable bonds is 9. The van der Waals surface area contributed by atoms with E-state index < -0.39 is 0 Å². The normalized spacial score (nSPS) is 14.3. The van der Waals surface area contributed by atoms with Crippen molar-refractivity contribution in [2.75, 3.05) is 12.4 Å². The molecule has 0 bridgehead atoms. The lowest BCUT2D eigenvalue weighted by atomic mass is 9.96. The minimum absolute atomic E-state index is 0.0278. The summed E-state index contributed by atoms with van der Waals surface area (Å²) in [4.78, 5) is 14.0. The third kappa shape index (κ3) is 5.56. The zero-order chi connectivity index (χ0) is 24.0. The largest absolute Gasteiger partial charge is 0.494 e. The third-order valence-corrected chi connectivity index (χ3v) is 5.98. The third-order valence-electron chi connectivity index (χ3n) is 5.98. The maximum atomic E-state index is 13.5. The van der Waals surface area contributed by atoms with E-state index in [1.54, 1.807) is 25.6 Å². The smallest absolute Gasteiger partial charge is 0.145 e. The Labute approximate surface area is 195 Å². The molecule has 33 heavy (non-hydrogen) atoms. The molecule has 2 aromatic carbocycles. The van der Waals surface area contributed by atoms with Crippen molar-refractivity contribution in [1.82, 2.24) is 9.97 Å². The number of aliphatic imine (C=N–C) groups is 1. The molecule has 6 heteroatoms. The summed E-state index contributed by atoms with van der Waals surface area (Å²) in [7, 11) is 1.62. The second-order valence-corrected chi connectivity index (χ2v) is 8.15. The van der Waals surface area contributed by atoms with Gasteiger partial charge in [-0.3, -0.25) is 4.99 Å². The van der Waals surface area contributed by atoms with Gasteiger partial charge in [0.05, 0.1) is 13.2 Å². The van der Waals surface area contributed by atoms with Crippen molar-refractivity contribution in [2.45, 2.75) is 53.5 Å². The van der Waals surface area contributed by atoms with E-state index in [4.69, 9.17) is 9.73 Å². The van der Waals surface area contributed by atoms with Crippen LogP contribution in [0.3, 0.4) is 0 Å². The van der Waals surface area contributed by atoms with Crippen molar-refractivity contribution in [3.63, 3.8) is 0 Å². The quantitative estimate of drug-likeness (QED) is 0.356. The molecule has 0 saturated heterocycles. The fraction of sp³-hybridized carbons (Fsp3) is 0.370. The summed E-state index contributed by atoms with van der Waals surface area (Å²) in [6.07, 6.45) is 5.49. The predicted molar refractivity (Wildman–Crippen MR) is 136 cm³/mol. The van der Waals surface area contributed by atoms with E-state index >= 15 is 0 Å². The molecule has 3 rings (SSSR count). The van der Waals surface area contributed by atoms with Gasteiger partial charge in [-0.25, -0.2) is 14.4 Å². The van der Waals surface area contributed by atoms with E-state index in [2.05, 4.69) is 49.1 Å². The standard InChI is InChI=1S/C27H33FN4O/c1-7-17(4)25(32-22(8-2)9-3)18(5)31-27-23-14-20(19-10-12-21(28)13-11-19)15-24(33-6)26(23)29-16-30-27/h8,10-18H,7,9H2,1-6H3,(H,29,30,31)/b22-8-,32-25?. The zero-order valence-corrected chi connectivity index (χ0v) is 20.3. The van der Waals surface area contributed by atoms with Crippen LogP contribution < -0.4 is 10.1 Å². The summed E-state index contributed by atoms with van der Waals surface area (Å²) in [6, 6.07) is 10.3. The van der Waals surface area contributed by atoms with Crippen LogP contribution in [0.1, 0.15) is 47.5 Å². The van der Waals surface area contributed by atoms with Gasteiger partial charge in [0.25, 0.3) is 0 Å². The highest BCUT2D eigenvalue weighted by atomic mass is 19.1. The first kappa shape index (κ1) is 24.4.